The van der Waals surface area contributed by atoms with E-state index in [2.05, 4.69) is 93.6 Å². The molecule has 0 heterocycles. The molecule has 2 aromatic rings. The van der Waals surface area contributed by atoms with E-state index >= 15 is 0 Å². The smallest absolute Gasteiger partial charge is 0.309 e. The Hall–Kier alpha value is -2.61. The predicted molar refractivity (Wildman–Crippen MR) is 142 cm³/mol. The third kappa shape index (κ3) is 5.22. The molecule has 2 aromatic carbocycles. The van der Waals surface area contributed by atoms with E-state index < -0.39 is 0 Å². The number of allylic oxidation sites excluding steroid dienone is 4. The molecule has 2 aliphatic rings. The van der Waals surface area contributed by atoms with Crippen molar-refractivity contribution in [2.45, 2.75) is 65.2 Å². The minimum absolute atomic E-state index is 0.0105. The SMILES string of the molecule is C/C=C/CC(C)C1CCCCC(C(=O)OCC2c3ccccc3-c3ccccc32)C1C/C=C/C. The Balaban J connectivity index is 1.52. The lowest BCUT2D eigenvalue weighted by molar-refractivity contribution is -0.152. The summed E-state index contributed by atoms with van der Waals surface area (Å²) in [7, 11) is 0. The van der Waals surface area contributed by atoms with Crippen molar-refractivity contribution in [2.75, 3.05) is 6.61 Å². The second-order valence-corrected chi connectivity index (χ2v) is 10.2. The van der Waals surface area contributed by atoms with Gasteiger partial charge in [0.25, 0.3) is 0 Å². The van der Waals surface area contributed by atoms with Crippen molar-refractivity contribution in [2.24, 2.45) is 23.7 Å². The number of rotatable bonds is 8. The van der Waals surface area contributed by atoms with Crippen LogP contribution in [0.2, 0.25) is 0 Å². The first-order valence-electron chi connectivity index (χ1n) is 13.2. The first-order valence-corrected chi connectivity index (χ1v) is 13.2. The quantitative estimate of drug-likeness (QED) is 0.227. The third-order valence-electron chi connectivity index (χ3n) is 8.15. The van der Waals surface area contributed by atoms with Gasteiger partial charge in [-0.1, -0.05) is 92.6 Å². The molecule has 2 aliphatic carbocycles. The summed E-state index contributed by atoms with van der Waals surface area (Å²) >= 11 is 0. The van der Waals surface area contributed by atoms with Crippen LogP contribution < -0.4 is 0 Å². The number of carbonyl (C=O) groups is 1. The van der Waals surface area contributed by atoms with Crippen molar-refractivity contribution < 1.29 is 9.53 Å². The largest absolute Gasteiger partial charge is 0.464 e. The normalized spacial score (nSPS) is 23.6. The summed E-state index contributed by atoms with van der Waals surface area (Å²) in [5.41, 5.74) is 5.11. The van der Waals surface area contributed by atoms with E-state index in [1.165, 1.54) is 35.1 Å². The molecule has 4 rings (SSSR count). The highest BCUT2D eigenvalue weighted by atomic mass is 16.5. The average molecular weight is 457 g/mol. The summed E-state index contributed by atoms with van der Waals surface area (Å²) in [5, 5.41) is 0. The Morgan fingerprint density at radius 1 is 0.941 bits per heavy atom. The van der Waals surface area contributed by atoms with Crippen molar-refractivity contribution in [1.29, 1.82) is 0 Å². The van der Waals surface area contributed by atoms with Gasteiger partial charge < -0.3 is 4.74 Å². The van der Waals surface area contributed by atoms with Crippen LogP contribution >= 0.6 is 0 Å². The molecule has 1 fully saturated rings. The summed E-state index contributed by atoms with van der Waals surface area (Å²) in [5.74, 6) is 1.62. The number of carbonyl (C=O) groups excluding carboxylic acids is 1. The number of benzene rings is 2. The lowest BCUT2D eigenvalue weighted by Crippen LogP contribution is -2.33. The minimum Gasteiger partial charge on any atom is -0.464 e. The van der Waals surface area contributed by atoms with E-state index in [4.69, 9.17) is 4.74 Å². The molecule has 180 valence electrons. The molecule has 0 N–H and O–H groups in total. The maximum Gasteiger partial charge on any atom is 0.309 e. The van der Waals surface area contributed by atoms with Crippen LogP contribution in [0, 0.1) is 23.7 Å². The van der Waals surface area contributed by atoms with Crippen LogP contribution in [0.1, 0.15) is 76.3 Å². The van der Waals surface area contributed by atoms with Crippen LogP contribution in [0.3, 0.4) is 0 Å². The van der Waals surface area contributed by atoms with Gasteiger partial charge in [-0.05, 0) is 79.5 Å². The first kappa shape index (κ1) is 24.5. The van der Waals surface area contributed by atoms with Gasteiger partial charge in [0, 0.05) is 5.92 Å². The number of fused-ring (bicyclic) bond motifs is 3. The summed E-state index contributed by atoms with van der Waals surface area (Å²) in [6, 6.07) is 17.1. The van der Waals surface area contributed by atoms with E-state index in [0.29, 0.717) is 24.4 Å². The van der Waals surface area contributed by atoms with Gasteiger partial charge >= 0.3 is 5.97 Å². The van der Waals surface area contributed by atoms with Crippen molar-refractivity contribution >= 4 is 5.97 Å². The number of esters is 1. The molecule has 2 heteroatoms. The van der Waals surface area contributed by atoms with E-state index in [1.54, 1.807) is 0 Å². The molecule has 0 bridgehead atoms. The summed E-state index contributed by atoms with van der Waals surface area (Å²) < 4.78 is 6.18. The lowest BCUT2D eigenvalue weighted by Gasteiger charge is -2.34. The maximum atomic E-state index is 13.6. The summed E-state index contributed by atoms with van der Waals surface area (Å²) in [6.45, 7) is 6.97. The van der Waals surface area contributed by atoms with Crippen molar-refractivity contribution in [3.05, 3.63) is 84.0 Å². The van der Waals surface area contributed by atoms with Gasteiger partial charge in [-0.15, -0.1) is 0 Å². The second kappa shape index (κ2) is 11.7. The highest BCUT2D eigenvalue weighted by Gasteiger charge is 2.39. The molecule has 4 atom stereocenters. The van der Waals surface area contributed by atoms with Gasteiger partial charge in [0.1, 0.15) is 6.61 Å². The highest BCUT2D eigenvalue weighted by Crippen LogP contribution is 2.45. The first-order chi connectivity index (χ1) is 16.7. The van der Waals surface area contributed by atoms with Gasteiger partial charge in [0.05, 0.1) is 5.92 Å². The van der Waals surface area contributed by atoms with Crippen molar-refractivity contribution in [3.8, 4) is 11.1 Å². The summed E-state index contributed by atoms with van der Waals surface area (Å²) in [6.07, 6.45) is 15.4. The fraction of sp³-hybridized carbons (Fsp3) is 0.469. The zero-order valence-electron chi connectivity index (χ0n) is 21.1. The number of ether oxygens (including phenoxy) is 1. The number of hydrogen-bond donors (Lipinski definition) is 0. The molecule has 0 amide bonds. The van der Waals surface area contributed by atoms with Crippen molar-refractivity contribution in [1.82, 2.24) is 0 Å². The Morgan fingerprint density at radius 2 is 1.56 bits per heavy atom. The minimum atomic E-state index is -0.0105. The molecular formula is C32H40O2. The molecule has 0 spiro atoms. The molecule has 0 saturated heterocycles. The van der Waals surface area contributed by atoms with Gasteiger partial charge in [-0.2, -0.15) is 0 Å². The zero-order chi connectivity index (χ0) is 23.9. The zero-order valence-corrected chi connectivity index (χ0v) is 21.1. The number of hydrogen-bond acceptors (Lipinski definition) is 2. The Kier molecular flexibility index (Phi) is 8.43. The lowest BCUT2D eigenvalue weighted by atomic mass is 9.72. The van der Waals surface area contributed by atoms with E-state index in [-0.39, 0.29) is 17.8 Å². The van der Waals surface area contributed by atoms with Crippen LogP contribution in [-0.4, -0.2) is 12.6 Å². The predicted octanol–water partition coefficient (Wildman–Crippen LogP) is 8.33. The standard InChI is InChI=1S/C32H40O2/c1-4-6-14-23(3)24-16-8-13-21-30(25(24)15-7-5-2)32(33)34-22-31-28-19-11-9-17-26(28)27-18-10-12-20-29(27)31/h4-7,9-12,17-20,23-25,30-31H,8,13-16,21-22H2,1-3H3/b6-4+,7-5+. The third-order valence-corrected chi connectivity index (χ3v) is 8.15. The molecule has 0 radical (unpaired) electrons. The van der Waals surface area contributed by atoms with Crippen LogP contribution in [0.25, 0.3) is 11.1 Å². The Labute approximate surface area is 206 Å². The maximum absolute atomic E-state index is 13.6. The fourth-order valence-electron chi connectivity index (χ4n) is 6.34. The molecule has 2 nitrogen and oxygen atoms in total. The van der Waals surface area contributed by atoms with Gasteiger partial charge in [0.2, 0.25) is 0 Å². The topological polar surface area (TPSA) is 26.3 Å². The summed E-state index contributed by atoms with van der Waals surface area (Å²) in [4.78, 5) is 13.6. The van der Waals surface area contributed by atoms with Crippen LogP contribution in [0.15, 0.2) is 72.8 Å². The molecule has 4 unspecified atom stereocenters. The molecule has 34 heavy (non-hydrogen) atoms. The van der Waals surface area contributed by atoms with E-state index in [1.807, 2.05) is 0 Å². The van der Waals surface area contributed by atoms with Crippen LogP contribution in [0.5, 0.6) is 0 Å². The van der Waals surface area contributed by atoms with E-state index in [0.717, 1.165) is 25.7 Å². The second-order valence-electron chi connectivity index (χ2n) is 10.2. The average Bonchev–Trinajstić information content (AvgIpc) is 3.02. The van der Waals surface area contributed by atoms with Crippen molar-refractivity contribution in [3.63, 3.8) is 0 Å². The Bertz CT molecular complexity index is 972. The molecule has 1 saturated carbocycles. The highest BCUT2D eigenvalue weighted by molar-refractivity contribution is 5.79. The molecule has 0 aromatic heterocycles. The monoisotopic (exact) mass is 456 g/mol. The van der Waals surface area contributed by atoms with Gasteiger partial charge in [-0.25, -0.2) is 0 Å². The Morgan fingerprint density at radius 3 is 2.21 bits per heavy atom. The molecule has 0 aliphatic heterocycles. The van der Waals surface area contributed by atoms with Gasteiger partial charge in [-0.3, -0.25) is 4.79 Å². The molecular weight excluding hydrogens is 416 g/mol. The van der Waals surface area contributed by atoms with Crippen LogP contribution in [-0.2, 0) is 9.53 Å². The van der Waals surface area contributed by atoms with E-state index in [9.17, 15) is 4.79 Å². The van der Waals surface area contributed by atoms with Gasteiger partial charge in [0.15, 0.2) is 0 Å². The van der Waals surface area contributed by atoms with Crippen LogP contribution in [0.4, 0.5) is 0 Å². The fourth-order valence-corrected chi connectivity index (χ4v) is 6.34.